The van der Waals surface area contributed by atoms with E-state index in [1.54, 1.807) is 30.3 Å². The predicted octanol–water partition coefficient (Wildman–Crippen LogP) is 5.47. The number of carbonyl (C=O) groups excluding carboxylic acids is 1. The van der Waals surface area contributed by atoms with Crippen LogP contribution < -0.4 is 16.2 Å². The summed E-state index contributed by atoms with van der Waals surface area (Å²) in [5.74, 6) is 0.273. The molecule has 37 heavy (non-hydrogen) atoms. The molecule has 13 heteroatoms. The van der Waals surface area contributed by atoms with Gasteiger partial charge in [0, 0.05) is 30.8 Å². The molecule has 3 aromatic carbocycles. The van der Waals surface area contributed by atoms with E-state index in [1.807, 2.05) is 0 Å². The van der Waals surface area contributed by atoms with Gasteiger partial charge in [-0.15, -0.1) is 0 Å². The average Bonchev–Trinajstić information content (AvgIpc) is 2.86. The number of non-ortho nitro benzene ring substituents is 1. The monoisotopic (exact) mass is 531 g/mol. The lowest BCUT2D eigenvalue weighted by atomic mass is 10.1. The van der Waals surface area contributed by atoms with Crippen molar-refractivity contribution in [2.24, 2.45) is 0 Å². The van der Waals surface area contributed by atoms with Gasteiger partial charge in [0.15, 0.2) is 0 Å². The Bertz CT molecular complexity index is 1560. The first-order valence-corrected chi connectivity index (χ1v) is 11.1. The molecular formula is C24H17ClF3N5O4. The third-order valence-corrected chi connectivity index (χ3v) is 5.67. The largest absolute Gasteiger partial charge is 0.416 e. The zero-order valence-electron chi connectivity index (χ0n) is 18.8. The van der Waals surface area contributed by atoms with Crippen molar-refractivity contribution in [1.82, 2.24) is 14.9 Å². The molecule has 4 aromatic rings. The highest BCUT2D eigenvalue weighted by Crippen LogP contribution is 2.33. The summed E-state index contributed by atoms with van der Waals surface area (Å²) in [6, 6.07) is 14.2. The van der Waals surface area contributed by atoms with Crippen LogP contribution in [0.2, 0.25) is 5.02 Å². The van der Waals surface area contributed by atoms with Gasteiger partial charge in [0.25, 0.3) is 11.2 Å². The number of halogens is 4. The quantitative estimate of drug-likeness (QED) is 0.253. The van der Waals surface area contributed by atoms with E-state index >= 15 is 0 Å². The lowest BCUT2D eigenvalue weighted by molar-refractivity contribution is -0.384. The number of nitro benzene ring substituents is 1. The number of nitrogens with one attached hydrogen (secondary N) is 2. The molecule has 0 unspecified atom stereocenters. The highest BCUT2D eigenvalue weighted by atomic mass is 35.5. The number of aromatic nitrogens is 2. The Morgan fingerprint density at radius 1 is 1.08 bits per heavy atom. The predicted molar refractivity (Wildman–Crippen MR) is 132 cm³/mol. The molecule has 0 radical (unpaired) electrons. The highest BCUT2D eigenvalue weighted by molar-refractivity contribution is 6.33. The van der Waals surface area contributed by atoms with Crippen molar-refractivity contribution in [1.29, 1.82) is 0 Å². The van der Waals surface area contributed by atoms with Crippen molar-refractivity contribution >= 4 is 39.9 Å². The molecule has 2 amide bonds. The Kier molecular flexibility index (Phi) is 7.11. The number of nitrogens with zero attached hydrogens (tertiary/aromatic N) is 3. The number of benzene rings is 3. The maximum Gasteiger partial charge on any atom is 0.416 e. The third-order valence-electron chi connectivity index (χ3n) is 5.34. The summed E-state index contributed by atoms with van der Waals surface area (Å²) in [5, 5.41) is 15.8. The molecule has 0 saturated heterocycles. The fourth-order valence-corrected chi connectivity index (χ4v) is 3.75. The van der Waals surface area contributed by atoms with E-state index in [0.29, 0.717) is 11.6 Å². The second-order valence-electron chi connectivity index (χ2n) is 7.79. The second-order valence-corrected chi connectivity index (χ2v) is 8.20. The number of alkyl halides is 3. The standard InChI is InChI=1S/C24H17ClF3N5O4/c25-18-8-6-15(24(26,27)28)12-20(18)31-23(35)29-10-11-32-21(14-4-2-1-3-5-14)30-19-9-7-16(33(36)37)13-17(19)22(32)34/h1-9,12-13H,10-11H2,(H2,29,31,35). The lowest BCUT2D eigenvalue weighted by Gasteiger charge is -2.15. The van der Waals surface area contributed by atoms with Crippen LogP contribution in [-0.4, -0.2) is 27.1 Å². The van der Waals surface area contributed by atoms with Crippen molar-refractivity contribution in [2.75, 3.05) is 11.9 Å². The summed E-state index contributed by atoms with van der Waals surface area (Å²) in [5.41, 5.74) is -1.20. The molecule has 2 N–H and O–H groups in total. The molecule has 9 nitrogen and oxygen atoms in total. The molecule has 0 aliphatic rings. The second kappa shape index (κ2) is 10.3. The van der Waals surface area contributed by atoms with Crippen LogP contribution in [0.5, 0.6) is 0 Å². The van der Waals surface area contributed by atoms with Crippen molar-refractivity contribution in [3.05, 3.63) is 97.8 Å². The number of amides is 2. The van der Waals surface area contributed by atoms with Gasteiger partial charge in [-0.25, -0.2) is 9.78 Å². The minimum Gasteiger partial charge on any atom is -0.336 e. The maximum absolute atomic E-state index is 13.3. The zero-order chi connectivity index (χ0) is 26.7. The lowest BCUT2D eigenvalue weighted by Crippen LogP contribution is -2.34. The van der Waals surface area contributed by atoms with Crippen LogP contribution in [-0.2, 0) is 12.7 Å². The Morgan fingerprint density at radius 2 is 1.81 bits per heavy atom. The molecular weight excluding hydrogens is 515 g/mol. The first kappa shape index (κ1) is 25.6. The molecule has 0 spiro atoms. The van der Waals surface area contributed by atoms with Gasteiger partial charge in [0.2, 0.25) is 0 Å². The van der Waals surface area contributed by atoms with E-state index in [0.717, 1.165) is 18.2 Å². The van der Waals surface area contributed by atoms with E-state index in [9.17, 15) is 32.9 Å². The number of nitro groups is 1. The number of rotatable bonds is 6. The molecule has 0 aliphatic carbocycles. The van der Waals surface area contributed by atoms with E-state index in [4.69, 9.17) is 11.6 Å². The number of hydrogen-bond donors (Lipinski definition) is 2. The fourth-order valence-electron chi connectivity index (χ4n) is 3.58. The normalized spacial score (nSPS) is 11.4. The van der Waals surface area contributed by atoms with E-state index < -0.39 is 28.3 Å². The molecule has 0 saturated carbocycles. The minimum absolute atomic E-state index is 0.0223. The van der Waals surface area contributed by atoms with E-state index in [-0.39, 0.29) is 46.2 Å². The van der Waals surface area contributed by atoms with Crippen molar-refractivity contribution in [2.45, 2.75) is 12.7 Å². The summed E-state index contributed by atoms with van der Waals surface area (Å²) in [4.78, 5) is 40.7. The highest BCUT2D eigenvalue weighted by Gasteiger charge is 2.31. The van der Waals surface area contributed by atoms with Gasteiger partial charge in [-0.05, 0) is 24.3 Å². The summed E-state index contributed by atoms with van der Waals surface area (Å²) in [7, 11) is 0. The van der Waals surface area contributed by atoms with Crippen molar-refractivity contribution in [3.8, 4) is 11.4 Å². The van der Waals surface area contributed by atoms with Gasteiger partial charge >= 0.3 is 12.2 Å². The van der Waals surface area contributed by atoms with Gasteiger partial charge < -0.3 is 10.6 Å². The molecule has 0 aliphatic heterocycles. The van der Waals surface area contributed by atoms with Gasteiger partial charge in [0.1, 0.15) is 5.82 Å². The summed E-state index contributed by atoms with van der Waals surface area (Å²) in [6.07, 6.45) is -4.62. The summed E-state index contributed by atoms with van der Waals surface area (Å²) < 4.78 is 40.2. The first-order chi connectivity index (χ1) is 17.5. The summed E-state index contributed by atoms with van der Waals surface area (Å²) >= 11 is 5.91. The Labute approximate surface area is 211 Å². The Hall–Kier alpha value is -4.45. The Balaban J connectivity index is 1.59. The van der Waals surface area contributed by atoms with Crippen molar-refractivity contribution < 1.29 is 22.9 Å². The number of fused-ring (bicyclic) bond motifs is 1. The minimum atomic E-state index is -4.62. The molecule has 0 bridgehead atoms. The Morgan fingerprint density at radius 3 is 2.49 bits per heavy atom. The number of carbonyl (C=O) groups is 1. The van der Waals surface area contributed by atoms with Crippen LogP contribution in [0.3, 0.4) is 0 Å². The van der Waals surface area contributed by atoms with Crippen LogP contribution in [0.4, 0.5) is 29.3 Å². The van der Waals surface area contributed by atoms with Gasteiger partial charge in [-0.2, -0.15) is 13.2 Å². The number of anilines is 1. The average molecular weight is 532 g/mol. The smallest absolute Gasteiger partial charge is 0.336 e. The van der Waals surface area contributed by atoms with Gasteiger partial charge in [0.05, 0.1) is 32.1 Å². The molecule has 1 heterocycles. The molecule has 0 fully saturated rings. The SMILES string of the molecule is O=C(NCCn1c(-c2ccccc2)nc2ccc([N+](=O)[O-])cc2c1=O)Nc1cc(C(F)(F)F)ccc1Cl. The zero-order valence-corrected chi connectivity index (χ0v) is 19.5. The topological polar surface area (TPSA) is 119 Å². The van der Waals surface area contributed by atoms with Gasteiger partial charge in [-0.3, -0.25) is 19.5 Å². The van der Waals surface area contributed by atoms with Crippen molar-refractivity contribution in [3.63, 3.8) is 0 Å². The molecule has 0 atom stereocenters. The molecule has 190 valence electrons. The van der Waals surface area contributed by atoms with Gasteiger partial charge in [-0.1, -0.05) is 41.9 Å². The fraction of sp³-hybridized carbons (Fsp3) is 0.125. The molecule has 4 rings (SSSR count). The first-order valence-electron chi connectivity index (χ1n) is 10.7. The maximum atomic E-state index is 13.3. The van der Waals surface area contributed by atoms with Crippen LogP contribution in [0.1, 0.15) is 5.56 Å². The van der Waals surface area contributed by atoms with Crippen LogP contribution in [0, 0.1) is 10.1 Å². The summed E-state index contributed by atoms with van der Waals surface area (Å²) in [6.45, 7) is -0.206. The third kappa shape index (κ3) is 5.70. The van der Waals surface area contributed by atoms with E-state index in [1.165, 1.54) is 16.7 Å². The van der Waals surface area contributed by atoms with E-state index in [2.05, 4.69) is 15.6 Å². The number of hydrogen-bond acceptors (Lipinski definition) is 5. The van der Waals surface area contributed by atoms with Crippen LogP contribution >= 0.6 is 11.6 Å². The number of urea groups is 1. The molecule has 1 aromatic heterocycles. The van der Waals surface area contributed by atoms with Crippen LogP contribution in [0.15, 0.2) is 71.5 Å². The van der Waals surface area contributed by atoms with Crippen LogP contribution in [0.25, 0.3) is 22.3 Å².